The highest BCUT2D eigenvalue weighted by Gasteiger charge is 2.25. The molecule has 4 heterocycles. The highest BCUT2D eigenvalue weighted by Crippen LogP contribution is 2.46. The fourth-order valence-corrected chi connectivity index (χ4v) is 10.7. The van der Waals surface area contributed by atoms with Crippen molar-refractivity contribution in [2.45, 2.75) is 0 Å². The van der Waals surface area contributed by atoms with Gasteiger partial charge in [-0.15, -0.1) is 11.3 Å². The second-order valence-corrected chi connectivity index (χ2v) is 16.6. The summed E-state index contributed by atoms with van der Waals surface area (Å²) in [5, 5.41) is 9.54. The Morgan fingerprint density at radius 2 is 0.984 bits per heavy atom. The van der Waals surface area contributed by atoms with Crippen LogP contribution in [0.5, 0.6) is 0 Å². The molecule has 5 nitrogen and oxygen atoms in total. The summed E-state index contributed by atoms with van der Waals surface area (Å²) in [6.45, 7) is 0. The number of fused-ring (bicyclic) bond motifs is 10. The lowest BCUT2D eigenvalue weighted by Crippen LogP contribution is -2.04. The Kier molecular flexibility index (Phi) is 7.41. The van der Waals surface area contributed by atoms with E-state index >= 15 is 0 Å². The van der Waals surface area contributed by atoms with Crippen LogP contribution >= 0.6 is 11.3 Å². The van der Waals surface area contributed by atoms with Crippen LogP contribution < -0.4 is 0 Å². The number of hydrogen-bond acceptors (Lipinski definition) is 4. The largest absolute Gasteiger partial charge is 0.309 e. The van der Waals surface area contributed by atoms with Gasteiger partial charge in [-0.25, -0.2) is 15.0 Å². The molecule has 4 aromatic heterocycles. The van der Waals surface area contributed by atoms with Gasteiger partial charge in [-0.2, -0.15) is 0 Å². The van der Waals surface area contributed by atoms with Gasteiger partial charge in [0.1, 0.15) is 0 Å². The maximum Gasteiger partial charge on any atom is 0.167 e. The number of benzene rings is 9. The lowest BCUT2D eigenvalue weighted by Gasteiger charge is -2.16. The van der Waals surface area contributed by atoms with Crippen molar-refractivity contribution >= 4 is 85.9 Å². The van der Waals surface area contributed by atoms with E-state index < -0.39 is 0 Å². The van der Waals surface area contributed by atoms with E-state index in [2.05, 4.69) is 191 Å². The van der Waals surface area contributed by atoms with Crippen molar-refractivity contribution in [3.05, 3.63) is 200 Å². The van der Waals surface area contributed by atoms with Crippen LogP contribution in [-0.4, -0.2) is 24.1 Å². The van der Waals surface area contributed by atoms with Crippen molar-refractivity contribution < 1.29 is 0 Å². The molecule has 0 aliphatic heterocycles. The molecule has 0 atom stereocenters. The van der Waals surface area contributed by atoms with Crippen LogP contribution in [0.3, 0.4) is 0 Å². The fraction of sp³-hybridized carbons (Fsp3) is 0. The van der Waals surface area contributed by atoms with Crippen molar-refractivity contribution in [2.24, 2.45) is 0 Å². The van der Waals surface area contributed by atoms with Gasteiger partial charge in [0.25, 0.3) is 0 Å². The molecule has 0 aliphatic rings. The zero-order chi connectivity index (χ0) is 40.0. The zero-order valence-electron chi connectivity index (χ0n) is 32.7. The van der Waals surface area contributed by atoms with E-state index in [1.807, 2.05) is 18.2 Å². The first-order valence-electron chi connectivity index (χ1n) is 20.5. The lowest BCUT2D eigenvalue weighted by atomic mass is 10.0. The Balaban J connectivity index is 1.18. The van der Waals surface area contributed by atoms with Crippen molar-refractivity contribution in [3.63, 3.8) is 0 Å². The first kappa shape index (κ1) is 34.0. The molecule has 13 aromatic rings. The maximum absolute atomic E-state index is 5.61. The molecule has 0 saturated heterocycles. The van der Waals surface area contributed by atoms with Gasteiger partial charge < -0.3 is 9.13 Å². The molecule has 6 heteroatoms. The summed E-state index contributed by atoms with van der Waals surface area (Å²) in [6.07, 6.45) is 0. The third-order valence-electron chi connectivity index (χ3n) is 12.1. The Bertz CT molecular complexity index is 3880. The normalized spacial score (nSPS) is 11.9. The topological polar surface area (TPSA) is 48.5 Å². The molecule has 0 radical (unpaired) electrons. The van der Waals surface area contributed by atoms with Gasteiger partial charge >= 0.3 is 0 Å². The van der Waals surface area contributed by atoms with Gasteiger partial charge in [0.2, 0.25) is 0 Å². The van der Waals surface area contributed by atoms with E-state index in [9.17, 15) is 0 Å². The number of rotatable bonds is 5. The summed E-state index contributed by atoms with van der Waals surface area (Å²) >= 11 is 1.80. The molecule has 0 aliphatic carbocycles. The molecule has 0 unspecified atom stereocenters. The van der Waals surface area contributed by atoms with E-state index in [0.29, 0.717) is 17.5 Å². The summed E-state index contributed by atoms with van der Waals surface area (Å²) in [5.41, 5.74) is 9.39. The highest BCUT2D eigenvalue weighted by molar-refractivity contribution is 7.26. The SMILES string of the molecule is c1ccc(-c2nc(-c3c(-n4c5ccccc5c5cc6ccccc6cc54)ccc4c3sc3ccccc34)nc(-c3cccc4c5ccccc5n(-c5ccccc5)c34)n2)cc1. The fourth-order valence-electron chi connectivity index (χ4n) is 9.46. The predicted molar refractivity (Wildman–Crippen MR) is 255 cm³/mol. The van der Waals surface area contributed by atoms with Crippen molar-refractivity contribution in [2.75, 3.05) is 0 Å². The molecule has 9 aromatic carbocycles. The van der Waals surface area contributed by atoms with Gasteiger partial charge in [-0.05, 0) is 65.4 Å². The van der Waals surface area contributed by atoms with Crippen LogP contribution in [0.4, 0.5) is 0 Å². The van der Waals surface area contributed by atoms with Gasteiger partial charge in [0.05, 0.1) is 33.3 Å². The Morgan fingerprint density at radius 1 is 0.377 bits per heavy atom. The molecule has 61 heavy (non-hydrogen) atoms. The molecule has 0 saturated carbocycles. The van der Waals surface area contributed by atoms with Crippen LogP contribution in [0, 0.1) is 0 Å². The van der Waals surface area contributed by atoms with E-state index in [-0.39, 0.29) is 0 Å². The molecule has 0 fully saturated rings. The average Bonchev–Trinajstić information content (AvgIpc) is 3.98. The number of hydrogen-bond donors (Lipinski definition) is 0. The average molecular weight is 796 g/mol. The van der Waals surface area contributed by atoms with E-state index in [1.165, 1.54) is 42.4 Å². The molecular formula is C55H33N5S. The first-order chi connectivity index (χ1) is 30.3. The summed E-state index contributed by atoms with van der Waals surface area (Å²) in [6, 6.07) is 71.3. The monoisotopic (exact) mass is 795 g/mol. The van der Waals surface area contributed by atoms with E-state index in [0.717, 1.165) is 60.2 Å². The van der Waals surface area contributed by atoms with Crippen LogP contribution in [0.25, 0.3) is 120 Å². The molecule has 0 bridgehead atoms. The van der Waals surface area contributed by atoms with E-state index in [1.54, 1.807) is 11.3 Å². The zero-order valence-corrected chi connectivity index (χ0v) is 33.5. The number of nitrogens with zero attached hydrogens (tertiary/aromatic N) is 5. The molecule has 0 N–H and O–H groups in total. The number of aromatic nitrogens is 5. The molecule has 0 amide bonds. The van der Waals surface area contributed by atoms with Crippen LogP contribution in [-0.2, 0) is 0 Å². The highest BCUT2D eigenvalue weighted by atomic mass is 32.1. The van der Waals surface area contributed by atoms with Crippen LogP contribution in [0.15, 0.2) is 200 Å². The molecular weight excluding hydrogens is 763 g/mol. The van der Waals surface area contributed by atoms with Gasteiger partial charge in [-0.3, -0.25) is 0 Å². The third kappa shape index (κ3) is 5.16. The van der Waals surface area contributed by atoms with Gasteiger partial charge in [-0.1, -0.05) is 146 Å². The van der Waals surface area contributed by atoms with Crippen molar-refractivity contribution in [3.8, 4) is 45.5 Å². The summed E-state index contributed by atoms with van der Waals surface area (Å²) in [4.78, 5) is 16.4. The van der Waals surface area contributed by atoms with Gasteiger partial charge in [0.15, 0.2) is 17.5 Å². The molecule has 13 rings (SSSR count). The third-order valence-corrected chi connectivity index (χ3v) is 13.4. The van der Waals surface area contributed by atoms with Crippen LogP contribution in [0.2, 0.25) is 0 Å². The minimum Gasteiger partial charge on any atom is -0.309 e. The minimum absolute atomic E-state index is 0.617. The Morgan fingerprint density at radius 3 is 1.79 bits per heavy atom. The number of para-hydroxylation sites is 4. The Labute approximate surface area is 354 Å². The second-order valence-electron chi connectivity index (χ2n) is 15.6. The van der Waals surface area contributed by atoms with Crippen LogP contribution in [0.1, 0.15) is 0 Å². The van der Waals surface area contributed by atoms with Gasteiger partial charge in [0, 0.05) is 58.5 Å². The summed E-state index contributed by atoms with van der Waals surface area (Å²) in [5.74, 6) is 1.87. The maximum atomic E-state index is 5.61. The summed E-state index contributed by atoms with van der Waals surface area (Å²) < 4.78 is 7.14. The smallest absolute Gasteiger partial charge is 0.167 e. The number of thiophene rings is 1. The quantitative estimate of drug-likeness (QED) is 0.174. The lowest BCUT2D eigenvalue weighted by molar-refractivity contribution is 1.07. The van der Waals surface area contributed by atoms with Crippen molar-refractivity contribution in [1.29, 1.82) is 0 Å². The van der Waals surface area contributed by atoms with E-state index in [4.69, 9.17) is 15.0 Å². The molecule has 284 valence electrons. The molecule has 0 spiro atoms. The Hall–Kier alpha value is -7.93. The predicted octanol–water partition coefficient (Wildman–Crippen LogP) is 14.6. The minimum atomic E-state index is 0.617. The second kappa shape index (κ2) is 13.3. The standard InChI is InChI=1S/C55H33N5S/c1-3-16-34(17-4-1)53-56-54(43-26-15-25-41-38-22-9-12-27-45(38)59(51(41)43)37-20-5-2-6-21-37)58-55(57-53)50-47(31-30-42-40-24-11-14-29-49(40)61-52(42)50)60-46-28-13-10-23-39(46)44-32-35-18-7-8-19-36(35)33-48(44)60/h1-33H. The van der Waals surface area contributed by atoms with Crippen molar-refractivity contribution in [1.82, 2.24) is 24.1 Å². The first-order valence-corrected chi connectivity index (χ1v) is 21.3. The summed E-state index contributed by atoms with van der Waals surface area (Å²) in [7, 11) is 0.